The van der Waals surface area contributed by atoms with E-state index in [2.05, 4.69) is 34.9 Å². The van der Waals surface area contributed by atoms with Crippen LogP contribution in [0, 0.1) is 6.92 Å². The Morgan fingerprint density at radius 1 is 0.875 bits per heavy atom. The molecule has 4 aromatic rings. The van der Waals surface area contributed by atoms with Gasteiger partial charge in [0.25, 0.3) is 11.8 Å². The molecule has 6 heteroatoms. The Kier molecular flexibility index (Phi) is 6.52. The number of nitrogens with one attached hydrogen (secondary N) is 2. The highest BCUT2D eigenvalue weighted by Crippen LogP contribution is 2.30. The number of benzene rings is 2. The van der Waals surface area contributed by atoms with Gasteiger partial charge < -0.3 is 15.1 Å². The monoisotopic (exact) mass is 444 g/mol. The zero-order chi connectivity index (χ0) is 22.5. The maximum absolute atomic E-state index is 13.1. The first kappa shape index (κ1) is 21.6. The van der Waals surface area contributed by atoms with E-state index in [9.17, 15) is 9.59 Å². The van der Waals surface area contributed by atoms with Crippen LogP contribution in [0.15, 0.2) is 89.5 Å². The maximum Gasteiger partial charge on any atom is 0.291 e. The summed E-state index contributed by atoms with van der Waals surface area (Å²) in [6.07, 6.45) is 1.45. The molecular weight excluding hydrogens is 420 g/mol. The van der Waals surface area contributed by atoms with E-state index >= 15 is 0 Å². The molecule has 2 aromatic heterocycles. The molecule has 0 fully saturated rings. The highest BCUT2D eigenvalue weighted by Gasteiger charge is 2.25. The Balaban J connectivity index is 1.52. The van der Waals surface area contributed by atoms with Gasteiger partial charge in [0.05, 0.1) is 16.1 Å². The smallest absolute Gasteiger partial charge is 0.291 e. The van der Waals surface area contributed by atoms with Gasteiger partial charge in [0.1, 0.15) is 0 Å². The van der Waals surface area contributed by atoms with E-state index in [1.807, 2.05) is 50.2 Å². The van der Waals surface area contributed by atoms with Crippen LogP contribution in [0.5, 0.6) is 0 Å². The normalized spacial score (nSPS) is 11.8. The van der Waals surface area contributed by atoms with Crippen molar-refractivity contribution in [2.24, 2.45) is 0 Å². The summed E-state index contributed by atoms with van der Waals surface area (Å²) in [4.78, 5) is 26.0. The van der Waals surface area contributed by atoms with Crippen LogP contribution < -0.4 is 10.6 Å². The largest absolute Gasteiger partial charge is 0.459 e. The molecule has 0 aliphatic rings. The number of rotatable bonds is 7. The minimum absolute atomic E-state index is 0.0137. The molecule has 4 rings (SSSR count). The molecule has 2 amide bonds. The van der Waals surface area contributed by atoms with Crippen molar-refractivity contribution in [1.82, 2.24) is 5.32 Å². The highest BCUT2D eigenvalue weighted by molar-refractivity contribution is 7.18. The molecule has 0 aliphatic heterocycles. The van der Waals surface area contributed by atoms with Crippen LogP contribution in [0.1, 0.15) is 49.8 Å². The van der Waals surface area contributed by atoms with Crippen molar-refractivity contribution in [2.45, 2.75) is 25.8 Å². The highest BCUT2D eigenvalue weighted by atomic mass is 32.1. The van der Waals surface area contributed by atoms with E-state index in [0.717, 1.165) is 16.7 Å². The Bertz CT molecular complexity index is 1150. The van der Waals surface area contributed by atoms with Crippen LogP contribution in [0.25, 0.3) is 0 Å². The van der Waals surface area contributed by atoms with Gasteiger partial charge in [0.2, 0.25) is 0 Å². The molecule has 0 radical (unpaired) electrons. The van der Waals surface area contributed by atoms with Crippen molar-refractivity contribution in [3.8, 4) is 0 Å². The molecule has 162 valence electrons. The zero-order valence-electron chi connectivity index (χ0n) is 17.9. The molecule has 0 bridgehead atoms. The average molecular weight is 445 g/mol. The third-order valence-electron chi connectivity index (χ3n) is 5.28. The molecule has 5 nitrogen and oxygen atoms in total. The summed E-state index contributed by atoms with van der Waals surface area (Å²) in [5.41, 5.74) is 3.09. The van der Waals surface area contributed by atoms with Gasteiger partial charge in [-0.3, -0.25) is 9.59 Å². The maximum atomic E-state index is 13.1. The van der Waals surface area contributed by atoms with E-state index < -0.39 is 0 Å². The predicted octanol–water partition coefficient (Wildman–Crippen LogP) is 5.85. The lowest BCUT2D eigenvalue weighted by molar-refractivity contribution is 0.0939. The summed E-state index contributed by atoms with van der Waals surface area (Å²) >= 11 is 1.25. The van der Waals surface area contributed by atoms with Crippen LogP contribution in [-0.4, -0.2) is 17.9 Å². The van der Waals surface area contributed by atoms with Gasteiger partial charge in [-0.15, -0.1) is 11.3 Å². The fourth-order valence-corrected chi connectivity index (χ4v) is 4.77. The van der Waals surface area contributed by atoms with E-state index in [0.29, 0.717) is 9.88 Å². The number of amides is 2. The lowest BCUT2D eigenvalue weighted by Crippen LogP contribution is -2.37. The zero-order valence-corrected chi connectivity index (χ0v) is 18.7. The van der Waals surface area contributed by atoms with Crippen LogP contribution in [0.3, 0.4) is 0 Å². The number of aryl methyl sites for hydroxylation is 1. The van der Waals surface area contributed by atoms with Gasteiger partial charge in [-0.05, 0) is 48.7 Å². The molecule has 32 heavy (non-hydrogen) atoms. The Hall–Kier alpha value is -3.64. The molecule has 1 unspecified atom stereocenters. The van der Waals surface area contributed by atoms with Crippen LogP contribution in [-0.2, 0) is 0 Å². The average Bonchev–Trinajstić information content (AvgIpc) is 3.45. The van der Waals surface area contributed by atoms with Crippen molar-refractivity contribution in [3.05, 3.63) is 112 Å². The molecule has 2 aromatic carbocycles. The number of carbonyl (C=O) groups is 2. The molecule has 1 atom stereocenters. The number of hydrogen-bond acceptors (Lipinski definition) is 4. The summed E-state index contributed by atoms with van der Waals surface area (Å²) in [7, 11) is 0. The summed E-state index contributed by atoms with van der Waals surface area (Å²) in [5, 5.41) is 6.56. The SMILES string of the molecule is Cc1cc(NC(=O)c2ccco2)sc1C(=O)NC(C)C(c1ccccc1)c1ccccc1. The fourth-order valence-electron chi connectivity index (χ4n) is 3.80. The second-order valence-corrected chi connectivity index (χ2v) is 8.67. The van der Waals surface area contributed by atoms with E-state index in [-0.39, 0.29) is 29.5 Å². The topological polar surface area (TPSA) is 71.3 Å². The van der Waals surface area contributed by atoms with Gasteiger partial charge >= 0.3 is 0 Å². The van der Waals surface area contributed by atoms with Crippen LogP contribution in [0.2, 0.25) is 0 Å². The van der Waals surface area contributed by atoms with Crippen molar-refractivity contribution >= 4 is 28.2 Å². The van der Waals surface area contributed by atoms with Crippen LogP contribution in [0.4, 0.5) is 5.00 Å². The quantitative estimate of drug-likeness (QED) is 0.375. The molecule has 0 spiro atoms. The standard InChI is InChI=1S/C26H24N2O3S/c1-17-16-22(28-25(29)21-14-9-15-31-21)32-24(17)26(30)27-18(2)23(19-10-5-3-6-11-19)20-12-7-4-8-13-20/h3-16,18,23H,1-2H3,(H,27,30)(H,28,29). The van der Waals surface area contributed by atoms with Gasteiger partial charge in [-0.25, -0.2) is 0 Å². The third kappa shape index (κ3) is 4.81. The van der Waals surface area contributed by atoms with Crippen LogP contribution >= 0.6 is 11.3 Å². The summed E-state index contributed by atoms with van der Waals surface area (Å²) in [5.74, 6) is -0.260. The lowest BCUT2D eigenvalue weighted by Gasteiger charge is -2.26. The lowest BCUT2D eigenvalue weighted by atomic mass is 9.86. The first-order chi connectivity index (χ1) is 15.5. The number of hydrogen-bond donors (Lipinski definition) is 2. The molecule has 2 N–H and O–H groups in total. The summed E-state index contributed by atoms with van der Waals surface area (Å²) in [6, 6.07) is 25.3. The molecule has 0 saturated heterocycles. The predicted molar refractivity (Wildman–Crippen MR) is 127 cm³/mol. The van der Waals surface area contributed by atoms with Crippen molar-refractivity contribution in [3.63, 3.8) is 0 Å². The first-order valence-electron chi connectivity index (χ1n) is 10.4. The Morgan fingerprint density at radius 3 is 2.06 bits per heavy atom. The summed E-state index contributed by atoms with van der Waals surface area (Å²) in [6.45, 7) is 3.88. The minimum atomic E-state index is -0.343. The minimum Gasteiger partial charge on any atom is -0.459 e. The van der Waals surface area contributed by atoms with Gasteiger partial charge in [-0.1, -0.05) is 60.7 Å². The number of furan rings is 1. The molecule has 0 aliphatic carbocycles. The van der Waals surface area contributed by atoms with E-state index in [1.54, 1.807) is 18.2 Å². The second kappa shape index (κ2) is 9.66. The molecule has 2 heterocycles. The first-order valence-corrected chi connectivity index (χ1v) is 11.2. The van der Waals surface area contributed by atoms with Crippen molar-refractivity contribution in [2.75, 3.05) is 5.32 Å². The summed E-state index contributed by atoms with van der Waals surface area (Å²) < 4.78 is 5.13. The van der Waals surface area contributed by atoms with Gasteiger partial charge in [0, 0.05) is 12.0 Å². The van der Waals surface area contributed by atoms with Gasteiger partial charge in [-0.2, -0.15) is 0 Å². The molecule has 0 saturated carbocycles. The van der Waals surface area contributed by atoms with Gasteiger partial charge in [0.15, 0.2) is 5.76 Å². The van der Waals surface area contributed by atoms with E-state index in [4.69, 9.17) is 4.42 Å². The number of anilines is 1. The Morgan fingerprint density at radius 2 is 1.50 bits per heavy atom. The molecular formula is C26H24N2O3S. The fraction of sp³-hybridized carbons (Fsp3) is 0.154. The van der Waals surface area contributed by atoms with Crippen molar-refractivity contribution in [1.29, 1.82) is 0 Å². The number of thiophene rings is 1. The number of carbonyl (C=O) groups excluding carboxylic acids is 2. The van der Waals surface area contributed by atoms with Crippen molar-refractivity contribution < 1.29 is 14.0 Å². The Labute approximate surface area is 191 Å². The van der Waals surface area contributed by atoms with E-state index in [1.165, 1.54) is 17.6 Å². The second-order valence-electron chi connectivity index (χ2n) is 7.62. The third-order valence-corrected chi connectivity index (χ3v) is 6.43.